The minimum atomic E-state index is -0.824. The van der Waals surface area contributed by atoms with Crippen LogP contribution in [0.3, 0.4) is 0 Å². The number of nitriles is 1. The van der Waals surface area contributed by atoms with Gasteiger partial charge in [-0.2, -0.15) is 5.26 Å². The van der Waals surface area contributed by atoms with Gasteiger partial charge in [0, 0.05) is 0 Å². The Kier molecular flexibility index (Phi) is 5.20. The maximum atomic E-state index is 11.3. The molecule has 0 atom stereocenters. The lowest BCUT2D eigenvalue weighted by Crippen LogP contribution is -2.08. The number of aliphatic hydroxyl groups excluding tert-OH is 1. The molecule has 0 heterocycles. The Morgan fingerprint density at radius 1 is 1.44 bits per heavy atom. The van der Waals surface area contributed by atoms with Gasteiger partial charge < -0.3 is 9.84 Å². The molecule has 0 spiro atoms. The lowest BCUT2D eigenvalue weighted by molar-refractivity contribution is -0.137. The van der Waals surface area contributed by atoms with Gasteiger partial charge in [-0.25, -0.2) is 4.79 Å². The summed E-state index contributed by atoms with van der Waals surface area (Å²) in [6, 6.07) is 11.1. The molecule has 1 aromatic rings. The van der Waals surface area contributed by atoms with Crippen LogP contribution in [-0.2, 0) is 9.53 Å². The standard InChI is InChI=1S/C14H13NO3/c1-11(16)13(10-15)14(17)18-9-5-8-12-6-3-2-4-7-12/h2-8,16H,9H2,1H3/b8-5?,13-11-. The van der Waals surface area contributed by atoms with E-state index in [0.29, 0.717) is 0 Å². The fourth-order valence-electron chi connectivity index (χ4n) is 1.22. The predicted octanol–water partition coefficient (Wildman–Crippen LogP) is 2.60. The van der Waals surface area contributed by atoms with E-state index in [1.165, 1.54) is 6.92 Å². The Hall–Kier alpha value is -2.54. The molecule has 0 aliphatic rings. The number of hydrogen-bond donors (Lipinski definition) is 1. The lowest BCUT2D eigenvalue weighted by Gasteiger charge is -2.00. The number of esters is 1. The summed E-state index contributed by atoms with van der Waals surface area (Å²) in [6.45, 7) is 1.31. The topological polar surface area (TPSA) is 70.3 Å². The van der Waals surface area contributed by atoms with E-state index >= 15 is 0 Å². The largest absolute Gasteiger partial charge is 0.511 e. The fourth-order valence-corrected chi connectivity index (χ4v) is 1.22. The number of nitrogens with zero attached hydrogens (tertiary/aromatic N) is 1. The van der Waals surface area contributed by atoms with E-state index in [2.05, 4.69) is 0 Å². The average molecular weight is 243 g/mol. The first-order valence-electron chi connectivity index (χ1n) is 5.34. The molecule has 0 aliphatic heterocycles. The monoisotopic (exact) mass is 243 g/mol. The van der Waals surface area contributed by atoms with Crippen LogP contribution >= 0.6 is 0 Å². The van der Waals surface area contributed by atoms with Crippen LogP contribution in [0.5, 0.6) is 0 Å². The summed E-state index contributed by atoms with van der Waals surface area (Å²) in [6.07, 6.45) is 3.46. The highest BCUT2D eigenvalue weighted by molar-refractivity contribution is 5.93. The van der Waals surface area contributed by atoms with Crippen LogP contribution in [0.4, 0.5) is 0 Å². The van der Waals surface area contributed by atoms with Gasteiger partial charge in [-0.05, 0) is 18.6 Å². The molecule has 0 aromatic heterocycles. The van der Waals surface area contributed by atoms with Crippen LogP contribution in [0.1, 0.15) is 12.5 Å². The first kappa shape index (κ1) is 13.5. The molecule has 4 nitrogen and oxygen atoms in total. The van der Waals surface area contributed by atoms with E-state index in [0.717, 1.165) is 5.56 Å². The van der Waals surface area contributed by atoms with E-state index in [4.69, 9.17) is 15.1 Å². The van der Waals surface area contributed by atoms with Crippen molar-refractivity contribution in [1.29, 1.82) is 5.26 Å². The Labute approximate surface area is 105 Å². The molecule has 1 rings (SSSR count). The Morgan fingerprint density at radius 2 is 2.11 bits per heavy atom. The summed E-state index contributed by atoms with van der Waals surface area (Å²) in [5.74, 6) is -1.16. The molecule has 92 valence electrons. The van der Waals surface area contributed by atoms with E-state index in [-0.39, 0.29) is 17.9 Å². The van der Waals surface area contributed by atoms with E-state index < -0.39 is 5.97 Å². The zero-order chi connectivity index (χ0) is 13.4. The molecule has 0 radical (unpaired) electrons. The summed E-state index contributed by atoms with van der Waals surface area (Å²) in [4.78, 5) is 11.3. The Bertz CT molecular complexity index is 506. The van der Waals surface area contributed by atoms with Gasteiger partial charge in [0.05, 0.1) is 0 Å². The highest BCUT2D eigenvalue weighted by Crippen LogP contribution is 2.03. The van der Waals surface area contributed by atoms with Gasteiger partial charge in [-0.15, -0.1) is 0 Å². The molecule has 0 fully saturated rings. The summed E-state index contributed by atoms with van der Waals surface area (Å²) >= 11 is 0. The smallest absolute Gasteiger partial charge is 0.352 e. The summed E-state index contributed by atoms with van der Waals surface area (Å²) < 4.78 is 4.81. The summed E-state index contributed by atoms with van der Waals surface area (Å²) in [7, 11) is 0. The highest BCUT2D eigenvalue weighted by atomic mass is 16.5. The van der Waals surface area contributed by atoms with E-state index in [9.17, 15) is 4.79 Å². The van der Waals surface area contributed by atoms with Gasteiger partial charge in [-0.3, -0.25) is 0 Å². The van der Waals surface area contributed by atoms with Gasteiger partial charge in [0.25, 0.3) is 0 Å². The molecule has 1 N–H and O–H groups in total. The zero-order valence-electron chi connectivity index (χ0n) is 9.96. The Morgan fingerprint density at radius 3 is 2.67 bits per heavy atom. The van der Waals surface area contributed by atoms with Crippen LogP contribution in [0, 0.1) is 11.3 Å². The number of carbonyl (C=O) groups excluding carboxylic acids is 1. The van der Waals surface area contributed by atoms with Crippen molar-refractivity contribution in [1.82, 2.24) is 0 Å². The van der Waals surface area contributed by atoms with E-state index in [1.54, 1.807) is 18.2 Å². The molecule has 1 aromatic carbocycles. The first-order chi connectivity index (χ1) is 8.65. The van der Waals surface area contributed by atoms with Crippen LogP contribution in [0.15, 0.2) is 47.7 Å². The summed E-state index contributed by atoms with van der Waals surface area (Å²) in [5, 5.41) is 17.7. The van der Waals surface area contributed by atoms with Gasteiger partial charge >= 0.3 is 5.97 Å². The van der Waals surface area contributed by atoms with Gasteiger partial charge in [0.15, 0.2) is 5.57 Å². The number of aliphatic hydroxyl groups is 1. The fraction of sp³-hybridized carbons (Fsp3) is 0.143. The Balaban J connectivity index is 2.49. The van der Waals surface area contributed by atoms with Crippen molar-refractivity contribution in [2.75, 3.05) is 6.61 Å². The molecule has 4 heteroatoms. The third kappa shape index (κ3) is 4.14. The van der Waals surface area contributed by atoms with Crippen molar-refractivity contribution in [3.05, 3.63) is 53.3 Å². The van der Waals surface area contributed by atoms with Gasteiger partial charge in [0.1, 0.15) is 18.4 Å². The molecule has 18 heavy (non-hydrogen) atoms. The molecule has 0 unspecified atom stereocenters. The molecule has 0 aliphatic carbocycles. The second kappa shape index (κ2) is 6.92. The third-order valence-electron chi connectivity index (χ3n) is 2.10. The molecule has 0 saturated heterocycles. The van der Waals surface area contributed by atoms with Gasteiger partial charge in [0.2, 0.25) is 0 Å². The maximum Gasteiger partial charge on any atom is 0.352 e. The number of benzene rings is 1. The SMILES string of the molecule is C/C(O)=C(\C#N)C(=O)OCC=Cc1ccccc1. The number of allylic oxidation sites excluding steroid dienone is 1. The lowest BCUT2D eigenvalue weighted by atomic mass is 10.2. The number of carbonyl (C=O) groups is 1. The van der Waals surface area contributed by atoms with Crippen molar-refractivity contribution in [2.45, 2.75) is 6.92 Å². The van der Waals surface area contributed by atoms with E-state index in [1.807, 2.05) is 30.3 Å². The quantitative estimate of drug-likeness (QED) is 0.382. The molecule has 0 amide bonds. The maximum absolute atomic E-state index is 11.3. The van der Waals surface area contributed by atoms with Gasteiger partial charge in [-0.1, -0.05) is 36.4 Å². The molecule has 0 bridgehead atoms. The minimum absolute atomic E-state index is 0.0478. The van der Waals surface area contributed by atoms with Crippen LogP contribution in [-0.4, -0.2) is 17.7 Å². The van der Waals surface area contributed by atoms with Crippen LogP contribution in [0.2, 0.25) is 0 Å². The summed E-state index contributed by atoms with van der Waals surface area (Å²) in [5.41, 5.74) is 0.617. The second-order valence-corrected chi connectivity index (χ2v) is 3.48. The molecular weight excluding hydrogens is 230 g/mol. The van der Waals surface area contributed by atoms with Crippen LogP contribution < -0.4 is 0 Å². The highest BCUT2D eigenvalue weighted by Gasteiger charge is 2.12. The van der Waals surface area contributed by atoms with Crippen molar-refractivity contribution in [3.63, 3.8) is 0 Å². The second-order valence-electron chi connectivity index (χ2n) is 3.48. The average Bonchev–Trinajstić information content (AvgIpc) is 2.36. The molecule has 0 saturated carbocycles. The third-order valence-corrected chi connectivity index (χ3v) is 2.10. The van der Waals surface area contributed by atoms with Crippen LogP contribution in [0.25, 0.3) is 6.08 Å². The number of hydrogen-bond acceptors (Lipinski definition) is 4. The van der Waals surface area contributed by atoms with Crippen molar-refractivity contribution in [3.8, 4) is 6.07 Å². The van der Waals surface area contributed by atoms with Crippen molar-refractivity contribution < 1.29 is 14.6 Å². The normalized spacial score (nSPS) is 11.8. The number of ether oxygens (including phenoxy) is 1. The number of rotatable bonds is 4. The molecular formula is C14H13NO3. The first-order valence-corrected chi connectivity index (χ1v) is 5.34. The van der Waals surface area contributed by atoms with Crippen molar-refractivity contribution in [2.24, 2.45) is 0 Å². The predicted molar refractivity (Wildman–Crippen MR) is 67.4 cm³/mol. The van der Waals surface area contributed by atoms with Crippen molar-refractivity contribution >= 4 is 12.0 Å². The zero-order valence-corrected chi connectivity index (χ0v) is 9.96. The minimum Gasteiger partial charge on any atom is -0.511 e.